The highest BCUT2D eigenvalue weighted by Gasteiger charge is 2.14. The van der Waals surface area contributed by atoms with Crippen molar-refractivity contribution in [1.82, 2.24) is 0 Å². The van der Waals surface area contributed by atoms with Gasteiger partial charge in [-0.25, -0.2) is 8.42 Å². The van der Waals surface area contributed by atoms with E-state index in [1.54, 1.807) is 12.1 Å². The zero-order valence-corrected chi connectivity index (χ0v) is 14.9. The largest absolute Gasteiger partial charge is 0.280 e. The van der Waals surface area contributed by atoms with E-state index >= 15 is 0 Å². The molecule has 0 aliphatic heterocycles. The van der Waals surface area contributed by atoms with Gasteiger partial charge in [-0.1, -0.05) is 51.5 Å². The molecule has 2 rings (SSSR count). The molecule has 0 aromatic heterocycles. The summed E-state index contributed by atoms with van der Waals surface area (Å²) in [5, 5.41) is 0. The van der Waals surface area contributed by atoms with Gasteiger partial charge in [-0.05, 0) is 54.2 Å². The molecule has 1 unspecified atom stereocenters. The number of anilines is 1. The van der Waals surface area contributed by atoms with E-state index in [2.05, 4.69) is 25.5 Å². The van der Waals surface area contributed by atoms with E-state index < -0.39 is 10.0 Å². The molecule has 1 N–H and O–H groups in total. The van der Waals surface area contributed by atoms with Crippen molar-refractivity contribution >= 4 is 15.7 Å². The summed E-state index contributed by atoms with van der Waals surface area (Å²) in [6, 6.07) is 14.7. The van der Waals surface area contributed by atoms with Crippen LogP contribution in [0.2, 0.25) is 0 Å². The van der Waals surface area contributed by atoms with Crippen LogP contribution in [0.3, 0.4) is 0 Å². The maximum Gasteiger partial charge on any atom is 0.261 e. The van der Waals surface area contributed by atoms with E-state index in [-0.39, 0.29) is 0 Å². The van der Waals surface area contributed by atoms with E-state index in [4.69, 9.17) is 0 Å². The second-order valence-electron chi connectivity index (χ2n) is 5.93. The van der Waals surface area contributed by atoms with Crippen LogP contribution in [0.4, 0.5) is 5.69 Å². The Morgan fingerprint density at radius 1 is 0.957 bits per heavy atom. The molecule has 0 aliphatic rings. The third kappa shape index (κ3) is 4.58. The SMILES string of the molecule is CCCc1ccc(S(=O)(=O)Nc2ccc(C(C)CC)cc2)cc1. The summed E-state index contributed by atoms with van der Waals surface area (Å²) < 4.78 is 27.5. The first kappa shape index (κ1) is 17.5. The molecule has 0 saturated carbocycles. The van der Waals surface area contributed by atoms with Gasteiger partial charge in [0.25, 0.3) is 10.0 Å². The highest BCUT2D eigenvalue weighted by molar-refractivity contribution is 7.92. The van der Waals surface area contributed by atoms with Gasteiger partial charge in [-0.3, -0.25) is 4.72 Å². The average molecular weight is 331 g/mol. The number of benzene rings is 2. The van der Waals surface area contributed by atoms with Crippen LogP contribution in [0.15, 0.2) is 53.4 Å². The molecule has 1 atom stereocenters. The second-order valence-corrected chi connectivity index (χ2v) is 7.61. The molecule has 2 aromatic rings. The molecule has 3 nitrogen and oxygen atoms in total. The first-order valence-electron chi connectivity index (χ1n) is 8.18. The lowest BCUT2D eigenvalue weighted by atomic mass is 9.99. The zero-order valence-electron chi connectivity index (χ0n) is 14.0. The first-order chi connectivity index (χ1) is 11.0. The minimum atomic E-state index is -3.53. The van der Waals surface area contributed by atoms with Gasteiger partial charge in [0.05, 0.1) is 4.90 Å². The van der Waals surface area contributed by atoms with Gasteiger partial charge in [0.1, 0.15) is 0 Å². The Morgan fingerprint density at radius 2 is 1.57 bits per heavy atom. The number of hydrogen-bond donors (Lipinski definition) is 1. The topological polar surface area (TPSA) is 46.2 Å². The summed E-state index contributed by atoms with van der Waals surface area (Å²) >= 11 is 0. The van der Waals surface area contributed by atoms with Crippen molar-refractivity contribution in [2.75, 3.05) is 4.72 Å². The lowest BCUT2D eigenvalue weighted by molar-refractivity contribution is 0.601. The van der Waals surface area contributed by atoms with Gasteiger partial charge in [0, 0.05) is 5.69 Å². The van der Waals surface area contributed by atoms with Crippen LogP contribution in [0.1, 0.15) is 50.7 Å². The van der Waals surface area contributed by atoms with Gasteiger partial charge in [-0.2, -0.15) is 0 Å². The summed E-state index contributed by atoms with van der Waals surface area (Å²) in [6.45, 7) is 6.41. The van der Waals surface area contributed by atoms with Crippen LogP contribution in [-0.4, -0.2) is 8.42 Å². The van der Waals surface area contributed by atoms with Crippen molar-refractivity contribution < 1.29 is 8.42 Å². The summed E-state index contributed by atoms with van der Waals surface area (Å²) in [4.78, 5) is 0.295. The molecule has 0 saturated heterocycles. The molecule has 0 radical (unpaired) electrons. The Bertz CT molecular complexity index is 719. The minimum absolute atomic E-state index is 0.295. The molecule has 0 bridgehead atoms. The molecule has 4 heteroatoms. The molecule has 124 valence electrons. The Hall–Kier alpha value is -1.81. The van der Waals surface area contributed by atoms with Gasteiger partial charge in [0.15, 0.2) is 0 Å². The Kier molecular flexibility index (Phi) is 5.83. The standard InChI is InChI=1S/C19H25NO2S/c1-4-6-16-7-13-19(14-8-16)23(21,22)20-18-11-9-17(10-12-18)15(3)5-2/h7-15,20H,4-6H2,1-3H3. The number of rotatable bonds is 7. The number of sulfonamides is 1. The Balaban J connectivity index is 2.14. The van der Waals surface area contributed by atoms with E-state index in [1.807, 2.05) is 36.4 Å². The molecule has 0 heterocycles. The molecule has 0 aliphatic carbocycles. The van der Waals surface area contributed by atoms with Gasteiger partial charge in [-0.15, -0.1) is 0 Å². The molecule has 0 spiro atoms. The van der Waals surface area contributed by atoms with Gasteiger partial charge in [0.2, 0.25) is 0 Å². The van der Waals surface area contributed by atoms with Crippen LogP contribution in [-0.2, 0) is 16.4 Å². The Morgan fingerprint density at radius 3 is 2.09 bits per heavy atom. The lowest BCUT2D eigenvalue weighted by Gasteiger charge is -2.12. The summed E-state index contributed by atoms with van der Waals surface area (Å²) in [5.41, 5.74) is 2.97. The van der Waals surface area contributed by atoms with Crippen molar-refractivity contribution in [1.29, 1.82) is 0 Å². The van der Waals surface area contributed by atoms with Gasteiger partial charge < -0.3 is 0 Å². The second kappa shape index (κ2) is 7.64. The highest BCUT2D eigenvalue weighted by atomic mass is 32.2. The van der Waals surface area contributed by atoms with Crippen molar-refractivity contribution in [3.63, 3.8) is 0 Å². The third-order valence-corrected chi connectivity index (χ3v) is 5.51. The molecule has 0 amide bonds. The van der Waals surface area contributed by atoms with Crippen molar-refractivity contribution in [3.05, 3.63) is 59.7 Å². The maximum atomic E-state index is 12.4. The molecular weight excluding hydrogens is 306 g/mol. The highest BCUT2D eigenvalue weighted by Crippen LogP contribution is 2.22. The van der Waals surface area contributed by atoms with E-state index in [9.17, 15) is 8.42 Å². The van der Waals surface area contributed by atoms with Crippen LogP contribution >= 0.6 is 0 Å². The Labute approximate surface area is 139 Å². The number of hydrogen-bond acceptors (Lipinski definition) is 2. The summed E-state index contributed by atoms with van der Waals surface area (Å²) in [5.74, 6) is 0.478. The monoisotopic (exact) mass is 331 g/mol. The van der Waals surface area contributed by atoms with Crippen molar-refractivity contribution in [2.45, 2.75) is 50.8 Å². The minimum Gasteiger partial charge on any atom is -0.280 e. The van der Waals surface area contributed by atoms with Crippen LogP contribution < -0.4 is 4.72 Å². The number of nitrogens with one attached hydrogen (secondary N) is 1. The predicted molar refractivity (Wildman–Crippen MR) is 96.4 cm³/mol. The van der Waals surface area contributed by atoms with E-state index in [1.165, 1.54) is 5.56 Å². The van der Waals surface area contributed by atoms with Crippen molar-refractivity contribution in [3.8, 4) is 0 Å². The first-order valence-corrected chi connectivity index (χ1v) is 9.66. The molecule has 23 heavy (non-hydrogen) atoms. The average Bonchev–Trinajstić information content (AvgIpc) is 2.55. The zero-order chi connectivity index (χ0) is 16.9. The quantitative estimate of drug-likeness (QED) is 0.780. The molecule has 2 aromatic carbocycles. The van der Waals surface area contributed by atoms with Crippen LogP contribution in [0, 0.1) is 0 Å². The fourth-order valence-corrected chi connectivity index (χ4v) is 3.51. The summed E-state index contributed by atoms with van der Waals surface area (Å²) in [6.07, 6.45) is 3.08. The van der Waals surface area contributed by atoms with Crippen LogP contribution in [0.5, 0.6) is 0 Å². The maximum absolute atomic E-state index is 12.4. The normalized spacial score (nSPS) is 12.8. The van der Waals surface area contributed by atoms with Crippen LogP contribution in [0.25, 0.3) is 0 Å². The summed E-state index contributed by atoms with van der Waals surface area (Å²) in [7, 11) is -3.53. The molecule has 0 fully saturated rings. The lowest BCUT2D eigenvalue weighted by Crippen LogP contribution is -2.13. The number of aryl methyl sites for hydroxylation is 1. The molecular formula is C19H25NO2S. The fraction of sp³-hybridized carbons (Fsp3) is 0.368. The van der Waals surface area contributed by atoms with Crippen molar-refractivity contribution in [2.24, 2.45) is 0 Å². The smallest absolute Gasteiger partial charge is 0.261 e. The predicted octanol–water partition coefficient (Wildman–Crippen LogP) is 4.95. The van der Waals surface area contributed by atoms with E-state index in [0.717, 1.165) is 24.8 Å². The third-order valence-electron chi connectivity index (χ3n) is 4.12. The fourth-order valence-electron chi connectivity index (χ4n) is 2.45. The van der Waals surface area contributed by atoms with E-state index in [0.29, 0.717) is 16.5 Å². The van der Waals surface area contributed by atoms with Gasteiger partial charge >= 0.3 is 0 Å².